The van der Waals surface area contributed by atoms with Gasteiger partial charge in [-0.25, -0.2) is 8.78 Å². The summed E-state index contributed by atoms with van der Waals surface area (Å²) in [6.45, 7) is 12.5. The van der Waals surface area contributed by atoms with Gasteiger partial charge in [-0.05, 0) is 42.8 Å². The molecule has 2 aromatic rings. The molecule has 0 aromatic heterocycles. The van der Waals surface area contributed by atoms with Gasteiger partial charge < -0.3 is 9.64 Å². The Morgan fingerprint density at radius 1 is 1.24 bits per heavy atom. The summed E-state index contributed by atoms with van der Waals surface area (Å²) in [4.78, 5) is 14.9. The Kier molecular flexibility index (Phi) is 10.9. The van der Waals surface area contributed by atoms with Gasteiger partial charge in [0.1, 0.15) is 17.7 Å². The van der Waals surface area contributed by atoms with Crippen molar-refractivity contribution in [3.63, 3.8) is 0 Å². The number of amides is 1. The lowest BCUT2D eigenvalue weighted by molar-refractivity contribution is -0.162. The molecular formula is C26H31Cl2F2NO2S. The number of ether oxygens (including phenoxy) is 1. The highest BCUT2D eigenvalue weighted by Crippen LogP contribution is 2.34. The number of carbonyl (C=O) groups is 1. The molecule has 0 saturated carbocycles. The van der Waals surface area contributed by atoms with Gasteiger partial charge in [0, 0.05) is 28.0 Å². The number of morpholine rings is 1. The molecule has 1 aliphatic heterocycles. The molecule has 1 aliphatic rings. The zero-order valence-electron chi connectivity index (χ0n) is 19.9. The van der Waals surface area contributed by atoms with Crippen molar-refractivity contribution in [1.82, 2.24) is 4.90 Å². The molecule has 1 saturated heterocycles. The van der Waals surface area contributed by atoms with Crippen LogP contribution in [0.1, 0.15) is 45.7 Å². The lowest BCUT2D eigenvalue weighted by atomic mass is 10.0. The third kappa shape index (κ3) is 8.56. The summed E-state index contributed by atoms with van der Waals surface area (Å²) >= 11 is 13.0. The fourth-order valence-electron chi connectivity index (χ4n) is 3.41. The van der Waals surface area contributed by atoms with Crippen LogP contribution in [0.4, 0.5) is 8.78 Å². The first-order valence-electron chi connectivity index (χ1n) is 11.0. The molecule has 1 amide bonds. The second kappa shape index (κ2) is 12.9. The van der Waals surface area contributed by atoms with E-state index in [1.807, 2.05) is 11.8 Å². The molecule has 0 spiro atoms. The van der Waals surface area contributed by atoms with Crippen molar-refractivity contribution in [2.75, 3.05) is 12.4 Å². The molecule has 0 N–H and O–H groups in total. The second-order valence-corrected chi connectivity index (χ2v) is 11.7. The molecule has 3 unspecified atom stereocenters. The molecule has 8 heteroatoms. The fraction of sp³-hybridized carbons (Fsp3) is 0.423. The molecule has 1 heterocycles. The minimum Gasteiger partial charge on any atom is -0.366 e. The standard InChI is InChI=1S/C20H27ClFNO2S.C6H4ClF/c1-6-7-18-19(24)23(13(2)12-26-20(3,4)5)17(11-25-18)14-8-9-15(21)16(22)10-14;7-5-2-1-3-6(8)4-5/h6,8-10,13,17-18H,1,7,11-12H2,2-5H3;1-4H. The van der Waals surface area contributed by atoms with Crippen LogP contribution < -0.4 is 0 Å². The molecule has 2 aromatic carbocycles. The predicted molar refractivity (Wildman–Crippen MR) is 139 cm³/mol. The van der Waals surface area contributed by atoms with Gasteiger partial charge in [-0.15, -0.1) is 6.58 Å². The summed E-state index contributed by atoms with van der Waals surface area (Å²) in [6.07, 6.45) is 1.64. The van der Waals surface area contributed by atoms with E-state index in [1.165, 1.54) is 24.3 Å². The number of hydrogen-bond acceptors (Lipinski definition) is 3. The average molecular weight is 531 g/mol. The van der Waals surface area contributed by atoms with E-state index in [4.69, 9.17) is 27.9 Å². The van der Waals surface area contributed by atoms with Gasteiger partial charge in [0.2, 0.25) is 0 Å². The smallest absolute Gasteiger partial charge is 0.252 e. The van der Waals surface area contributed by atoms with Gasteiger partial charge in [-0.2, -0.15) is 11.8 Å². The normalized spacial score (nSPS) is 19.3. The molecule has 0 radical (unpaired) electrons. The Labute approximate surface area is 215 Å². The van der Waals surface area contributed by atoms with Crippen molar-refractivity contribution < 1.29 is 18.3 Å². The largest absolute Gasteiger partial charge is 0.366 e. The molecule has 3 atom stereocenters. The van der Waals surface area contributed by atoms with E-state index in [9.17, 15) is 13.6 Å². The first-order valence-corrected chi connectivity index (χ1v) is 12.7. The van der Waals surface area contributed by atoms with Crippen LogP contribution in [0.5, 0.6) is 0 Å². The number of thioether (sulfide) groups is 1. The number of hydrogen-bond donors (Lipinski definition) is 0. The maximum Gasteiger partial charge on any atom is 0.252 e. The van der Waals surface area contributed by atoms with Crippen LogP contribution in [-0.4, -0.2) is 40.1 Å². The minimum atomic E-state index is -0.525. The van der Waals surface area contributed by atoms with E-state index < -0.39 is 11.9 Å². The Hall–Kier alpha value is -1.60. The van der Waals surface area contributed by atoms with Crippen molar-refractivity contribution >= 4 is 40.9 Å². The van der Waals surface area contributed by atoms with Gasteiger partial charge in [0.25, 0.3) is 5.91 Å². The summed E-state index contributed by atoms with van der Waals surface area (Å²) in [7, 11) is 0. The monoisotopic (exact) mass is 529 g/mol. The van der Waals surface area contributed by atoms with E-state index in [2.05, 4.69) is 27.4 Å². The topological polar surface area (TPSA) is 29.5 Å². The Bertz CT molecular complexity index is 966. The van der Waals surface area contributed by atoms with Crippen LogP contribution in [0.2, 0.25) is 10.0 Å². The van der Waals surface area contributed by atoms with Crippen molar-refractivity contribution in [3.8, 4) is 0 Å². The van der Waals surface area contributed by atoms with Crippen molar-refractivity contribution in [1.29, 1.82) is 0 Å². The summed E-state index contributed by atoms with van der Waals surface area (Å²) in [5.41, 5.74) is 0.699. The molecule has 3 nitrogen and oxygen atoms in total. The molecule has 0 aliphatic carbocycles. The highest BCUT2D eigenvalue weighted by atomic mass is 35.5. The van der Waals surface area contributed by atoms with E-state index in [0.717, 1.165) is 5.75 Å². The average Bonchev–Trinajstić information content (AvgIpc) is 2.75. The number of rotatable bonds is 6. The number of halogens is 4. The highest BCUT2D eigenvalue weighted by molar-refractivity contribution is 8.00. The SMILES string of the molecule is C=CCC1OCC(c2ccc(Cl)c(F)c2)N(C(C)CSC(C)(C)C)C1=O.Fc1cccc(Cl)c1. The predicted octanol–water partition coefficient (Wildman–Crippen LogP) is 7.72. The van der Waals surface area contributed by atoms with E-state index in [1.54, 1.807) is 36.0 Å². The lowest BCUT2D eigenvalue weighted by Crippen LogP contribution is -2.53. The maximum atomic E-state index is 14.0. The van der Waals surface area contributed by atoms with Gasteiger partial charge in [0.15, 0.2) is 0 Å². The van der Waals surface area contributed by atoms with Crippen molar-refractivity contribution in [2.24, 2.45) is 0 Å². The third-order valence-corrected chi connectivity index (χ3v) is 7.11. The Morgan fingerprint density at radius 3 is 2.47 bits per heavy atom. The van der Waals surface area contributed by atoms with Crippen LogP contribution >= 0.6 is 35.0 Å². The van der Waals surface area contributed by atoms with E-state index >= 15 is 0 Å². The molecule has 1 fully saturated rings. The maximum absolute atomic E-state index is 14.0. The fourth-order valence-corrected chi connectivity index (χ4v) is 4.61. The first kappa shape index (κ1) is 28.6. The zero-order chi connectivity index (χ0) is 25.5. The highest BCUT2D eigenvalue weighted by Gasteiger charge is 2.39. The number of benzene rings is 2. The van der Waals surface area contributed by atoms with Crippen molar-refractivity contribution in [2.45, 2.75) is 57.1 Å². The van der Waals surface area contributed by atoms with E-state index in [0.29, 0.717) is 23.6 Å². The van der Waals surface area contributed by atoms with Gasteiger partial charge in [-0.1, -0.05) is 62.2 Å². The first-order chi connectivity index (χ1) is 15.9. The summed E-state index contributed by atoms with van der Waals surface area (Å²) in [6, 6.07) is 10.2. The Balaban J connectivity index is 0.000000430. The molecule has 3 rings (SSSR count). The summed E-state index contributed by atoms with van der Waals surface area (Å²) in [5.74, 6) is -0.0553. The summed E-state index contributed by atoms with van der Waals surface area (Å²) in [5, 5.41) is 0.509. The minimum absolute atomic E-state index is 0.00770. The molecular weight excluding hydrogens is 499 g/mol. The number of carbonyl (C=O) groups excluding carboxylic acids is 1. The van der Waals surface area contributed by atoms with Crippen LogP contribution in [0.25, 0.3) is 0 Å². The third-order valence-electron chi connectivity index (χ3n) is 5.05. The zero-order valence-corrected chi connectivity index (χ0v) is 22.2. The molecule has 186 valence electrons. The van der Waals surface area contributed by atoms with Gasteiger partial charge in [0.05, 0.1) is 17.7 Å². The second-order valence-electron chi connectivity index (χ2n) is 8.99. The van der Waals surface area contributed by atoms with Crippen LogP contribution in [-0.2, 0) is 9.53 Å². The van der Waals surface area contributed by atoms with E-state index in [-0.39, 0.29) is 33.6 Å². The van der Waals surface area contributed by atoms with Gasteiger partial charge >= 0.3 is 0 Å². The Morgan fingerprint density at radius 2 is 1.94 bits per heavy atom. The van der Waals surface area contributed by atoms with Crippen molar-refractivity contribution in [3.05, 3.63) is 82.4 Å². The summed E-state index contributed by atoms with van der Waals surface area (Å²) < 4.78 is 31.9. The quantitative estimate of drug-likeness (QED) is 0.358. The van der Waals surface area contributed by atoms with Crippen LogP contribution in [0.3, 0.4) is 0 Å². The number of nitrogens with zero attached hydrogens (tertiary/aromatic N) is 1. The van der Waals surface area contributed by atoms with Gasteiger partial charge in [-0.3, -0.25) is 4.79 Å². The molecule has 34 heavy (non-hydrogen) atoms. The molecule has 0 bridgehead atoms. The van der Waals surface area contributed by atoms with Crippen LogP contribution in [0, 0.1) is 11.6 Å². The lowest BCUT2D eigenvalue weighted by Gasteiger charge is -2.43. The van der Waals surface area contributed by atoms with Crippen LogP contribution in [0.15, 0.2) is 55.1 Å².